The third-order valence-electron chi connectivity index (χ3n) is 4.23. The fourth-order valence-corrected chi connectivity index (χ4v) is 2.66. The molecular formula is C13H24N2O. The Kier molecular flexibility index (Phi) is 3.24. The van der Waals surface area contributed by atoms with E-state index in [9.17, 15) is 4.79 Å². The Morgan fingerprint density at radius 3 is 2.75 bits per heavy atom. The lowest BCUT2D eigenvalue weighted by Crippen LogP contribution is -2.42. The van der Waals surface area contributed by atoms with Crippen LogP contribution in [0.15, 0.2) is 0 Å². The Balaban J connectivity index is 1.71. The topological polar surface area (TPSA) is 41.1 Å². The molecule has 3 heteroatoms. The van der Waals surface area contributed by atoms with Gasteiger partial charge in [0, 0.05) is 18.5 Å². The Morgan fingerprint density at radius 1 is 1.50 bits per heavy atom. The summed E-state index contributed by atoms with van der Waals surface area (Å²) >= 11 is 0. The summed E-state index contributed by atoms with van der Waals surface area (Å²) in [5.41, 5.74) is 0.467. The van der Waals surface area contributed by atoms with Gasteiger partial charge < -0.3 is 10.6 Å². The van der Waals surface area contributed by atoms with Crippen LogP contribution in [0.5, 0.6) is 0 Å². The summed E-state index contributed by atoms with van der Waals surface area (Å²) in [5.74, 6) is 1.21. The van der Waals surface area contributed by atoms with Crippen LogP contribution in [0.25, 0.3) is 0 Å². The van der Waals surface area contributed by atoms with E-state index in [1.54, 1.807) is 0 Å². The van der Waals surface area contributed by atoms with Gasteiger partial charge in [-0.3, -0.25) is 4.79 Å². The normalized spacial score (nSPS) is 36.8. The zero-order valence-corrected chi connectivity index (χ0v) is 10.7. The molecule has 0 aromatic rings. The maximum Gasteiger partial charge on any atom is 0.223 e. The third-order valence-corrected chi connectivity index (χ3v) is 4.23. The SMILES string of the molecule is CC1CC(C(=O)NCC2CC2(C)C)CCN1. The van der Waals surface area contributed by atoms with E-state index in [2.05, 4.69) is 31.4 Å². The van der Waals surface area contributed by atoms with Crippen molar-refractivity contribution in [3.63, 3.8) is 0 Å². The Hall–Kier alpha value is -0.570. The van der Waals surface area contributed by atoms with Gasteiger partial charge in [0.05, 0.1) is 0 Å². The van der Waals surface area contributed by atoms with Gasteiger partial charge >= 0.3 is 0 Å². The van der Waals surface area contributed by atoms with Crippen molar-refractivity contribution >= 4 is 5.91 Å². The molecule has 92 valence electrons. The van der Waals surface area contributed by atoms with Gasteiger partial charge in [0.15, 0.2) is 0 Å². The van der Waals surface area contributed by atoms with Crippen molar-refractivity contribution in [2.45, 2.75) is 46.1 Å². The molecule has 1 saturated carbocycles. The highest BCUT2D eigenvalue weighted by Gasteiger charge is 2.45. The fourth-order valence-electron chi connectivity index (χ4n) is 2.66. The van der Waals surface area contributed by atoms with E-state index in [0.29, 0.717) is 17.4 Å². The highest BCUT2D eigenvalue weighted by molar-refractivity contribution is 5.78. The first-order valence-corrected chi connectivity index (χ1v) is 6.50. The number of piperidine rings is 1. The van der Waals surface area contributed by atoms with Gasteiger partial charge in [-0.05, 0) is 44.1 Å². The predicted octanol–water partition coefficient (Wildman–Crippen LogP) is 1.54. The van der Waals surface area contributed by atoms with E-state index in [0.717, 1.165) is 25.9 Å². The molecule has 3 atom stereocenters. The molecule has 0 aromatic carbocycles. The lowest BCUT2D eigenvalue weighted by molar-refractivity contribution is -0.126. The maximum absolute atomic E-state index is 11.9. The van der Waals surface area contributed by atoms with Gasteiger partial charge in [-0.25, -0.2) is 0 Å². The molecule has 0 radical (unpaired) electrons. The standard InChI is InChI=1S/C13H24N2O/c1-9-6-10(4-5-14-9)12(16)15-8-11-7-13(11,2)3/h9-11,14H,4-8H2,1-3H3,(H,15,16). The molecule has 2 N–H and O–H groups in total. The molecular weight excluding hydrogens is 200 g/mol. The van der Waals surface area contributed by atoms with E-state index in [1.807, 2.05) is 0 Å². The summed E-state index contributed by atoms with van der Waals surface area (Å²) in [6.45, 7) is 8.56. The first kappa shape index (κ1) is 11.9. The van der Waals surface area contributed by atoms with Crippen molar-refractivity contribution in [1.82, 2.24) is 10.6 Å². The average Bonchev–Trinajstić information content (AvgIpc) is 2.83. The number of carbonyl (C=O) groups is 1. The van der Waals surface area contributed by atoms with Crippen molar-refractivity contribution in [1.29, 1.82) is 0 Å². The van der Waals surface area contributed by atoms with Crippen LogP contribution >= 0.6 is 0 Å². The monoisotopic (exact) mass is 224 g/mol. The molecule has 1 amide bonds. The summed E-state index contributed by atoms with van der Waals surface area (Å²) in [5, 5.41) is 6.50. The second kappa shape index (κ2) is 4.36. The number of hydrogen-bond donors (Lipinski definition) is 2. The van der Waals surface area contributed by atoms with Gasteiger partial charge in [0.1, 0.15) is 0 Å². The molecule has 2 aliphatic rings. The molecule has 0 aromatic heterocycles. The molecule has 16 heavy (non-hydrogen) atoms. The molecule has 0 spiro atoms. The summed E-state index contributed by atoms with van der Waals surface area (Å²) in [7, 11) is 0. The predicted molar refractivity (Wildman–Crippen MR) is 65.1 cm³/mol. The van der Waals surface area contributed by atoms with Gasteiger partial charge in [-0.1, -0.05) is 13.8 Å². The molecule has 1 heterocycles. The summed E-state index contributed by atoms with van der Waals surface area (Å²) in [6.07, 6.45) is 3.24. The highest BCUT2D eigenvalue weighted by Crippen LogP contribution is 2.50. The average molecular weight is 224 g/mol. The van der Waals surface area contributed by atoms with Crippen LogP contribution in [0, 0.1) is 17.3 Å². The minimum atomic E-state index is 0.234. The van der Waals surface area contributed by atoms with Crippen molar-refractivity contribution in [2.75, 3.05) is 13.1 Å². The molecule has 2 fully saturated rings. The Morgan fingerprint density at radius 2 is 2.19 bits per heavy atom. The minimum absolute atomic E-state index is 0.234. The Bertz CT molecular complexity index is 275. The molecule has 1 aliphatic carbocycles. The van der Waals surface area contributed by atoms with E-state index in [-0.39, 0.29) is 11.8 Å². The van der Waals surface area contributed by atoms with Crippen LogP contribution < -0.4 is 10.6 Å². The number of hydrogen-bond acceptors (Lipinski definition) is 2. The Labute approximate surface area is 98.4 Å². The third kappa shape index (κ3) is 2.76. The molecule has 3 unspecified atom stereocenters. The number of rotatable bonds is 3. The van der Waals surface area contributed by atoms with E-state index in [1.165, 1.54) is 6.42 Å². The molecule has 2 rings (SSSR count). The van der Waals surface area contributed by atoms with Crippen LogP contribution in [0.4, 0.5) is 0 Å². The summed E-state index contributed by atoms with van der Waals surface area (Å²) in [4.78, 5) is 11.9. The van der Waals surface area contributed by atoms with Crippen LogP contribution in [0.2, 0.25) is 0 Å². The lowest BCUT2D eigenvalue weighted by Gasteiger charge is -2.27. The van der Waals surface area contributed by atoms with E-state index >= 15 is 0 Å². The number of amides is 1. The van der Waals surface area contributed by atoms with Gasteiger partial charge in [0.2, 0.25) is 5.91 Å². The molecule has 0 bridgehead atoms. The van der Waals surface area contributed by atoms with Crippen molar-refractivity contribution in [3.05, 3.63) is 0 Å². The first-order valence-electron chi connectivity index (χ1n) is 6.50. The summed E-state index contributed by atoms with van der Waals surface area (Å²) in [6, 6.07) is 0.488. The van der Waals surface area contributed by atoms with E-state index in [4.69, 9.17) is 0 Å². The van der Waals surface area contributed by atoms with E-state index < -0.39 is 0 Å². The molecule has 1 aliphatic heterocycles. The van der Waals surface area contributed by atoms with Crippen molar-refractivity contribution in [2.24, 2.45) is 17.3 Å². The second-order valence-electron chi connectivity index (χ2n) is 6.21. The smallest absolute Gasteiger partial charge is 0.223 e. The van der Waals surface area contributed by atoms with Crippen LogP contribution in [-0.2, 0) is 4.79 Å². The minimum Gasteiger partial charge on any atom is -0.356 e. The van der Waals surface area contributed by atoms with Gasteiger partial charge in [-0.2, -0.15) is 0 Å². The lowest BCUT2D eigenvalue weighted by atomic mass is 9.92. The zero-order valence-electron chi connectivity index (χ0n) is 10.7. The second-order valence-corrected chi connectivity index (χ2v) is 6.21. The quantitative estimate of drug-likeness (QED) is 0.763. The van der Waals surface area contributed by atoms with Crippen LogP contribution in [0.1, 0.15) is 40.0 Å². The molecule has 1 saturated heterocycles. The number of nitrogens with one attached hydrogen (secondary N) is 2. The fraction of sp³-hybridized carbons (Fsp3) is 0.923. The molecule has 3 nitrogen and oxygen atoms in total. The zero-order chi connectivity index (χ0) is 11.8. The summed E-state index contributed by atoms with van der Waals surface area (Å²) < 4.78 is 0. The van der Waals surface area contributed by atoms with Crippen molar-refractivity contribution < 1.29 is 4.79 Å². The maximum atomic E-state index is 11.9. The van der Waals surface area contributed by atoms with Crippen LogP contribution in [0.3, 0.4) is 0 Å². The van der Waals surface area contributed by atoms with Crippen LogP contribution in [-0.4, -0.2) is 25.0 Å². The largest absolute Gasteiger partial charge is 0.356 e. The first-order chi connectivity index (χ1) is 7.49. The van der Waals surface area contributed by atoms with Crippen molar-refractivity contribution in [3.8, 4) is 0 Å². The van der Waals surface area contributed by atoms with Gasteiger partial charge in [-0.15, -0.1) is 0 Å². The number of carbonyl (C=O) groups excluding carboxylic acids is 1. The van der Waals surface area contributed by atoms with Gasteiger partial charge in [0.25, 0.3) is 0 Å². The highest BCUT2D eigenvalue weighted by atomic mass is 16.1.